The van der Waals surface area contributed by atoms with E-state index in [1.165, 1.54) is 12.1 Å². The van der Waals surface area contributed by atoms with Gasteiger partial charge < -0.3 is 5.43 Å². The molecule has 1 aliphatic heterocycles. The second kappa shape index (κ2) is 5.35. The fraction of sp³-hybridized carbons (Fsp3) is 0.0714. The summed E-state index contributed by atoms with van der Waals surface area (Å²) in [6.07, 6.45) is 0. The number of hydrogen-bond donors (Lipinski definition) is 1. The lowest BCUT2D eigenvalue weighted by molar-refractivity contribution is -0.384. The zero-order valence-electron chi connectivity index (χ0n) is 10.6. The van der Waals surface area contributed by atoms with Crippen LogP contribution < -0.4 is 5.43 Å². The van der Waals surface area contributed by atoms with Gasteiger partial charge in [-0.15, -0.1) is 0 Å². The van der Waals surface area contributed by atoms with E-state index in [9.17, 15) is 10.1 Å². The monoisotopic (exact) mass is 321 g/mol. The lowest BCUT2D eigenvalue weighted by atomic mass is 9.96. The van der Waals surface area contributed by atoms with Gasteiger partial charge in [0.2, 0.25) is 0 Å². The number of non-ortho nitro benzene ring substituents is 1. The van der Waals surface area contributed by atoms with Crippen LogP contribution in [0.4, 0.5) is 5.69 Å². The number of halogens is 2. The predicted molar refractivity (Wildman–Crippen MR) is 82.0 cm³/mol. The molecule has 1 N–H and O–H groups in total. The van der Waals surface area contributed by atoms with Gasteiger partial charge >= 0.3 is 0 Å². The molecule has 7 heteroatoms. The number of nitrogens with one attached hydrogen (secondary N) is 1. The molecule has 3 rings (SSSR count). The molecule has 0 saturated heterocycles. The quantitative estimate of drug-likeness (QED) is 0.676. The number of hydrazone groups is 1. The summed E-state index contributed by atoms with van der Waals surface area (Å²) in [5.74, 6) is 0. The van der Waals surface area contributed by atoms with E-state index in [1.807, 2.05) is 0 Å². The lowest BCUT2D eigenvalue weighted by Crippen LogP contribution is -2.21. The van der Waals surface area contributed by atoms with E-state index >= 15 is 0 Å². The van der Waals surface area contributed by atoms with E-state index in [1.54, 1.807) is 24.3 Å². The fourth-order valence-corrected chi connectivity index (χ4v) is 2.53. The summed E-state index contributed by atoms with van der Waals surface area (Å²) in [5.41, 5.74) is 6.27. The Morgan fingerprint density at radius 1 is 1.14 bits per heavy atom. The minimum atomic E-state index is -0.435. The van der Waals surface area contributed by atoms with Crippen molar-refractivity contribution in [2.75, 3.05) is 0 Å². The molecule has 106 valence electrons. The first-order valence-corrected chi connectivity index (χ1v) is 6.85. The van der Waals surface area contributed by atoms with Crippen LogP contribution in [0, 0.1) is 10.1 Å². The Labute approximate surface area is 130 Å². The summed E-state index contributed by atoms with van der Waals surface area (Å²) in [5, 5.41) is 15.9. The van der Waals surface area contributed by atoms with Crippen molar-refractivity contribution in [3.05, 3.63) is 73.2 Å². The van der Waals surface area contributed by atoms with Gasteiger partial charge in [-0.1, -0.05) is 23.2 Å². The molecule has 0 aliphatic carbocycles. The number of nitro benzene ring substituents is 1. The van der Waals surface area contributed by atoms with Crippen LogP contribution in [-0.2, 0) is 6.54 Å². The molecule has 2 aromatic rings. The molecule has 0 unspecified atom stereocenters. The standard InChI is InChI=1S/C14H9Cl2N3O2/c15-12-5-9-7-17-18-14(11(9)6-13(12)16)8-1-3-10(4-2-8)19(20)21/h1-6,17H,7H2. The number of hydrogen-bond acceptors (Lipinski definition) is 4. The molecule has 0 atom stereocenters. The molecule has 0 fully saturated rings. The minimum Gasteiger partial charge on any atom is -0.305 e. The van der Waals surface area contributed by atoms with Crippen LogP contribution in [0.15, 0.2) is 41.5 Å². The van der Waals surface area contributed by atoms with Gasteiger partial charge in [-0.3, -0.25) is 10.1 Å². The summed E-state index contributed by atoms with van der Waals surface area (Å²) in [6.45, 7) is 0.558. The molecule has 0 aromatic heterocycles. The average Bonchev–Trinajstić information content (AvgIpc) is 2.48. The highest BCUT2D eigenvalue weighted by Gasteiger charge is 2.18. The van der Waals surface area contributed by atoms with Gasteiger partial charge in [-0.2, -0.15) is 5.10 Å². The first-order chi connectivity index (χ1) is 10.1. The summed E-state index contributed by atoms with van der Waals surface area (Å²) in [7, 11) is 0. The first-order valence-electron chi connectivity index (χ1n) is 6.10. The highest BCUT2D eigenvalue weighted by atomic mass is 35.5. The maximum atomic E-state index is 10.7. The van der Waals surface area contributed by atoms with Crippen LogP contribution in [0.5, 0.6) is 0 Å². The van der Waals surface area contributed by atoms with E-state index in [2.05, 4.69) is 10.5 Å². The zero-order valence-corrected chi connectivity index (χ0v) is 12.1. The molecule has 1 aliphatic rings. The SMILES string of the molecule is O=[N+]([O-])c1ccc(C2=NNCc3cc(Cl)c(Cl)cc32)cc1. The van der Waals surface area contributed by atoms with E-state index < -0.39 is 4.92 Å². The van der Waals surface area contributed by atoms with E-state index in [4.69, 9.17) is 23.2 Å². The van der Waals surface area contributed by atoms with E-state index in [-0.39, 0.29) is 5.69 Å². The lowest BCUT2D eigenvalue weighted by Gasteiger charge is -2.18. The first kappa shape index (κ1) is 13.9. The second-order valence-corrected chi connectivity index (χ2v) is 5.34. The minimum absolute atomic E-state index is 0.0393. The number of fused-ring (bicyclic) bond motifs is 1. The Morgan fingerprint density at radius 3 is 2.48 bits per heavy atom. The van der Waals surface area contributed by atoms with Gasteiger partial charge in [0.15, 0.2) is 0 Å². The molecular formula is C14H9Cl2N3O2. The molecule has 0 bridgehead atoms. The van der Waals surface area contributed by atoms with Crippen molar-refractivity contribution in [3.63, 3.8) is 0 Å². The van der Waals surface area contributed by atoms with Crippen molar-refractivity contribution in [2.45, 2.75) is 6.54 Å². The molecule has 1 heterocycles. The van der Waals surface area contributed by atoms with Crippen molar-refractivity contribution >= 4 is 34.6 Å². The molecule has 0 amide bonds. The maximum Gasteiger partial charge on any atom is 0.269 e. The van der Waals surface area contributed by atoms with Crippen LogP contribution in [0.3, 0.4) is 0 Å². The molecule has 0 spiro atoms. The Hall–Kier alpha value is -2.11. The largest absolute Gasteiger partial charge is 0.305 e. The Morgan fingerprint density at radius 2 is 1.81 bits per heavy atom. The highest BCUT2D eigenvalue weighted by Crippen LogP contribution is 2.29. The summed E-state index contributed by atoms with van der Waals surface area (Å²) >= 11 is 12.1. The third-order valence-electron chi connectivity index (χ3n) is 3.21. The topological polar surface area (TPSA) is 67.5 Å². The summed E-state index contributed by atoms with van der Waals surface area (Å²) in [6, 6.07) is 9.78. The van der Waals surface area contributed by atoms with Crippen molar-refractivity contribution in [1.29, 1.82) is 0 Å². The Bertz CT molecular complexity index is 758. The number of benzene rings is 2. The maximum absolute atomic E-state index is 10.7. The third kappa shape index (κ3) is 2.57. The number of nitro groups is 1. The molecule has 5 nitrogen and oxygen atoms in total. The van der Waals surface area contributed by atoms with Crippen molar-refractivity contribution in [2.24, 2.45) is 5.10 Å². The summed E-state index contributed by atoms with van der Waals surface area (Å²) in [4.78, 5) is 10.3. The van der Waals surface area contributed by atoms with Crippen LogP contribution >= 0.6 is 23.2 Å². The second-order valence-electron chi connectivity index (χ2n) is 4.52. The van der Waals surface area contributed by atoms with Gasteiger partial charge in [0.1, 0.15) is 0 Å². The van der Waals surface area contributed by atoms with Crippen LogP contribution in [0.1, 0.15) is 16.7 Å². The van der Waals surface area contributed by atoms with Gasteiger partial charge in [-0.25, -0.2) is 0 Å². The van der Waals surface area contributed by atoms with Gasteiger partial charge in [-0.05, 0) is 29.8 Å². The van der Waals surface area contributed by atoms with Crippen molar-refractivity contribution < 1.29 is 4.92 Å². The summed E-state index contributed by atoms with van der Waals surface area (Å²) < 4.78 is 0. The average molecular weight is 322 g/mol. The van der Waals surface area contributed by atoms with Gasteiger partial charge in [0.05, 0.1) is 27.2 Å². The Kier molecular flexibility index (Phi) is 3.53. The molecule has 0 saturated carbocycles. The number of rotatable bonds is 2. The van der Waals surface area contributed by atoms with Crippen molar-refractivity contribution in [1.82, 2.24) is 5.43 Å². The highest BCUT2D eigenvalue weighted by molar-refractivity contribution is 6.42. The predicted octanol–water partition coefficient (Wildman–Crippen LogP) is 3.76. The third-order valence-corrected chi connectivity index (χ3v) is 3.94. The van der Waals surface area contributed by atoms with Crippen LogP contribution in [0.25, 0.3) is 0 Å². The normalized spacial score (nSPS) is 13.1. The van der Waals surface area contributed by atoms with E-state index in [0.717, 1.165) is 16.7 Å². The Balaban J connectivity index is 2.06. The molecular weight excluding hydrogens is 313 g/mol. The number of nitrogens with zero attached hydrogens (tertiary/aromatic N) is 2. The smallest absolute Gasteiger partial charge is 0.269 e. The molecule has 2 aromatic carbocycles. The molecule has 0 radical (unpaired) electrons. The van der Waals surface area contributed by atoms with Crippen LogP contribution in [0.2, 0.25) is 10.0 Å². The van der Waals surface area contributed by atoms with Crippen LogP contribution in [-0.4, -0.2) is 10.6 Å². The van der Waals surface area contributed by atoms with Crippen molar-refractivity contribution in [3.8, 4) is 0 Å². The fourth-order valence-electron chi connectivity index (χ4n) is 2.18. The zero-order chi connectivity index (χ0) is 15.0. The van der Waals surface area contributed by atoms with Gasteiger partial charge in [0.25, 0.3) is 5.69 Å². The van der Waals surface area contributed by atoms with E-state index in [0.29, 0.717) is 22.3 Å². The molecule has 21 heavy (non-hydrogen) atoms. The van der Waals surface area contributed by atoms with Gasteiger partial charge in [0, 0.05) is 23.3 Å².